The van der Waals surface area contributed by atoms with Crippen LogP contribution in [0.15, 0.2) is 66.7 Å². The fourth-order valence-electron chi connectivity index (χ4n) is 3.76. The van der Waals surface area contributed by atoms with Gasteiger partial charge in [-0.1, -0.05) is 30.3 Å². The predicted molar refractivity (Wildman–Crippen MR) is 117 cm³/mol. The molecular weight excluding hydrogens is 376 g/mol. The van der Waals surface area contributed by atoms with E-state index in [1.54, 1.807) is 47.4 Å². The van der Waals surface area contributed by atoms with E-state index in [9.17, 15) is 14.4 Å². The topological polar surface area (TPSA) is 66.5 Å². The number of ketones is 1. The smallest absolute Gasteiger partial charge is 0.255 e. The number of hydrogen-bond donors (Lipinski definition) is 1. The molecule has 0 unspecified atom stereocenters. The molecule has 3 aromatic carbocycles. The molecule has 1 N–H and O–H groups in total. The minimum atomic E-state index is -0.302. The van der Waals surface area contributed by atoms with Crippen LogP contribution in [0.2, 0.25) is 0 Å². The van der Waals surface area contributed by atoms with E-state index >= 15 is 0 Å². The Morgan fingerprint density at radius 1 is 0.767 bits per heavy atom. The molecule has 0 fully saturated rings. The van der Waals surface area contributed by atoms with Crippen LogP contribution in [0, 0.1) is 0 Å². The standard InChI is InChI=1S/C25H22N2O3/c1-3-27(4-2)25(30)16-9-12-18(13-10-16)26-24(29)17-11-14-20-19-7-5-6-8-21(19)23(28)22(20)15-17/h5-15H,3-4H2,1-2H3,(H,26,29). The van der Waals surface area contributed by atoms with Crippen molar-refractivity contribution in [3.05, 3.63) is 89.0 Å². The summed E-state index contributed by atoms with van der Waals surface area (Å²) in [5.41, 5.74) is 4.55. The van der Waals surface area contributed by atoms with Crippen molar-refractivity contribution in [3.63, 3.8) is 0 Å². The average molecular weight is 398 g/mol. The van der Waals surface area contributed by atoms with Crippen molar-refractivity contribution in [3.8, 4) is 11.1 Å². The summed E-state index contributed by atoms with van der Waals surface area (Å²) in [5.74, 6) is -0.395. The van der Waals surface area contributed by atoms with E-state index in [0.29, 0.717) is 41.0 Å². The molecule has 5 heteroatoms. The third-order valence-corrected chi connectivity index (χ3v) is 5.43. The van der Waals surface area contributed by atoms with Gasteiger partial charge in [0, 0.05) is 41.0 Å². The molecule has 30 heavy (non-hydrogen) atoms. The van der Waals surface area contributed by atoms with Gasteiger partial charge in [-0.05, 0) is 61.4 Å². The van der Waals surface area contributed by atoms with Crippen LogP contribution in [0.1, 0.15) is 50.5 Å². The molecule has 0 heterocycles. The number of nitrogens with one attached hydrogen (secondary N) is 1. The van der Waals surface area contributed by atoms with E-state index in [2.05, 4.69) is 5.32 Å². The first-order valence-corrected chi connectivity index (χ1v) is 10.0. The summed E-state index contributed by atoms with van der Waals surface area (Å²) >= 11 is 0. The summed E-state index contributed by atoms with van der Waals surface area (Å²) in [6, 6.07) is 19.5. The first-order valence-electron chi connectivity index (χ1n) is 10.0. The van der Waals surface area contributed by atoms with Gasteiger partial charge in [0.2, 0.25) is 0 Å². The molecule has 4 rings (SSSR count). The number of benzene rings is 3. The van der Waals surface area contributed by atoms with E-state index in [1.165, 1.54) is 0 Å². The molecular formula is C25H22N2O3. The number of carbonyl (C=O) groups is 3. The van der Waals surface area contributed by atoms with Gasteiger partial charge in [-0.25, -0.2) is 0 Å². The Morgan fingerprint density at radius 3 is 2.03 bits per heavy atom. The highest BCUT2D eigenvalue weighted by molar-refractivity contribution is 6.22. The first-order chi connectivity index (χ1) is 14.5. The van der Waals surface area contributed by atoms with Crippen molar-refractivity contribution in [2.45, 2.75) is 13.8 Å². The molecule has 150 valence electrons. The third-order valence-electron chi connectivity index (χ3n) is 5.43. The molecule has 5 nitrogen and oxygen atoms in total. The van der Waals surface area contributed by atoms with Crippen molar-refractivity contribution in [1.29, 1.82) is 0 Å². The van der Waals surface area contributed by atoms with Gasteiger partial charge >= 0.3 is 0 Å². The quantitative estimate of drug-likeness (QED) is 0.533. The fraction of sp³-hybridized carbons (Fsp3) is 0.160. The zero-order chi connectivity index (χ0) is 21.3. The van der Waals surface area contributed by atoms with Crippen LogP contribution >= 0.6 is 0 Å². The maximum Gasteiger partial charge on any atom is 0.255 e. The normalized spacial score (nSPS) is 11.6. The number of nitrogens with zero attached hydrogens (tertiary/aromatic N) is 1. The van der Waals surface area contributed by atoms with E-state index in [1.807, 2.05) is 38.1 Å². The molecule has 0 spiro atoms. The molecule has 0 bridgehead atoms. The predicted octanol–water partition coefficient (Wildman–Crippen LogP) is 4.63. The Labute approximate surface area is 175 Å². The lowest BCUT2D eigenvalue weighted by Crippen LogP contribution is -2.30. The fourth-order valence-corrected chi connectivity index (χ4v) is 3.76. The molecule has 0 saturated carbocycles. The van der Waals surface area contributed by atoms with Crippen LogP contribution in [0.25, 0.3) is 11.1 Å². The molecule has 2 amide bonds. The summed E-state index contributed by atoms with van der Waals surface area (Å²) in [4.78, 5) is 39.5. The van der Waals surface area contributed by atoms with Crippen LogP contribution < -0.4 is 5.32 Å². The summed E-state index contributed by atoms with van der Waals surface area (Å²) in [6.45, 7) is 5.18. The minimum Gasteiger partial charge on any atom is -0.339 e. The summed E-state index contributed by atoms with van der Waals surface area (Å²) in [6.07, 6.45) is 0. The zero-order valence-electron chi connectivity index (χ0n) is 16.9. The van der Waals surface area contributed by atoms with Crippen molar-refractivity contribution in [2.75, 3.05) is 18.4 Å². The van der Waals surface area contributed by atoms with Gasteiger partial charge in [0.1, 0.15) is 0 Å². The largest absolute Gasteiger partial charge is 0.339 e. The number of fused-ring (bicyclic) bond motifs is 3. The maximum atomic E-state index is 12.7. The second-order valence-electron chi connectivity index (χ2n) is 7.14. The van der Waals surface area contributed by atoms with Gasteiger partial charge in [-0.15, -0.1) is 0 Å². The molecule has 0 aliphatic heterocycles. The highest BCUT2D eigenvalue weighted by Gasteiger charge is 2.27. The average Bonchev–Trinajstić information content (AvgIpc) is 3.07. The van der Waals surface area contributed by atoms with E-state index in [4.69, 9.17) is 0 Å². The summed E-state index contributed by atoms with van der Waals surface area (Å²) < 4.78 is 0. The lowest BCUT2D eigenvalue weighted by molar-refractivity contribution is 0.0772. The number of amides is 2. The van der Waals surface area contributed by atoms with E-state index in [0.717, 1.165) is 11.1 Å². The molecule has 0 radical (unpaired) electrons. The monoisotopic (exact) mass is 398 g/mol. The molecule has 0 aromatic heterocycles. The molecule has 0 saturated heterocycles. The minimum absolute atomic E-state index is 0.0328. The van der Waals surface area contributed by atoms with E-state index < -0.39 is 0 Å². The Kier molecular flexibility index (Phi) is 5.19. The summed E-state index contributed by atoms with van der Waals surface area (Å²) in [7, 11) is 0. The van der Waals surface area contributed by atoms with Gasteiger partial charge < -0.3 is 10.2 Å². The van der Waals surface area contributed by atoms with Crippen molar-refractivity contribution < 1.29 is 14.4 Å². The van der Waals surface area contributed by atoms with Gasteiger partial charge in [0.15, 0.2) is 5.78 Å². The van der Waals surface area contributed by atoms with Crippen LogP contribution in [0.3, 0.4) is 0 Å². The second-order valence-corrected chi connectivity index (χ2v) is 7.14. The zero-order valence-corrected chi connectivity index (χ0v) is 16.9. The Bertz CT molecular complexity index is 1150. The van der Waals surface area contributed by atoms with E-state index in [-0.39, 0.29) is 17.6 Å². The Balaban J connectivity index is 1.52. The van der Waals surface area contributed by atoms with Gasteiger partial charge in [0.05, 0.1) is 0 Å². The third kappa shape index (κ3) is 3.39. The lowest BCUT2D eigenvalue weighted by atomic mass is 10.0. The summed E-state index contributed by atoms with van der Waals surface area (Å²) in [5, 5.41) is 2.83. The Hall–Kier alpha value is -3.73. The highest BCUT2D eigenvalue weighted by atomic mass is 16.2. The number of carbonyl (C=O) groups excluding carboxylic acids is 3. The molecule has 0 atom stereocenters. The molecule has 3 aromatic rings. The van der Waals surface area contributed by atoms with Gasteiger partial charge in [0.25, 0.3) is 11.8 Å². The Morgan fingerprint density at radius 2 is 1.37 bits per heavy atom. The van der Waals surface area contributed by atoms with Gasteiger partial charge in [-0.2, -0.15) is 0 Å². The number of anilines is 1. The lowest BCUT2D eigenvalue weighted by Gasteiger charge is -2.18. The van der Waals surface area contributed by atoms with Crippen LogP contribution in [-0.2, 0) is 0 Å². The second kappa shape index (κ2) is 7.95. The first kappa shape index (κ1) is 19.6. The van der Waals surface area contributed by atoms with Crippen LogP contribution in [0.5, 0.6) is 0 Å². The van der Waals surface area contributed by atoms with Gasteiger partial charge in [-0.3, -0.25) is 14.4 Å². The molecule has 1 aliphatic rings. The SMILES string of the molecule is CCN(CC)C(=O)c1ccc(NC(=O)c2ccc3c(c2)C(=O)c2ccccc2-3)cc1. The number of hydrogen-bond acceptors (Lipinski definition) is 3. The highest BCUT2D eigenvalue weighted by Crippen LogP contribution is 2.36. The number of rotatable bonds is 5. The van der Waals surface area contributed by atoms with Crippen LogP contribution in [-0.4, -0.2) is 35.6 Å². The molecule has 1 aliphatic carbocycles. The van der Waals surface area contributed by atoms with Crippen molar-refractivity contribution in [2.24, 2.45) is 0 Å². The van der Waals surface area contributed by atoms with Crippen LogP contribution in [0.4, 0.5) is 5.69 Å². The van der Waals surface area contributed by atoms with Crippen molar-refractivity contribution >= 4 is 23.3 Å². The van der Waals surface area contributed by atoms with Crippen molar-refractivity contribution in [1.82, 2.24) is 4.90 Å². The maximum absolute atomic E-state index is 12.7.